The standard InChI is InChI=1S/C26H29N3O3/c1-19(2)32-24-14-12-21(13-15-24)28-26(31)18-27-22-9-6-10-23(17-22)29-25(30)16-11-20-7-4-3-5-8-20/h3-10,12-15,17,19,27H,11,16,18H2,1-2H3,(H,28,31)(H,29,30). The molecule has 32 heavy (non-hydrogen) atoms. The first-order valence-electron chi connectivity index (χ1n) is 10.7. The number of carbonyl (C=O) groups excluding carboxylic acids is 2. The quantitative estimate of drug-likeness (QED) is 0.417. The highest BCUT2D eigenvalue weighted by atomic mass is 16.5. The largest absolute Gasteiger partial charge is 0.491 e. The fourth-order valence-electron chi connectivity index (χ4n) is 3.11. The molecule has 0 spiro atoms. The van der Waals surface area contributed by atoms with Gasteiger partial charge < -0.3 is 20.7 Å². The predicted molar refractivity (Wildman–Crippen MR) is 129 cm³/mol. The fourth-order valence-corrected chi connectivity index (χ4v) is 3.11. The summed E-state index contributed by atoms with van der Waals surface area (Å²) in [6.07, 6.45) is 1.20. The summed E-state index contributed by atoms with van der Waals surface area (Å²) in [5.74, 6) is 0.548. The van der Waals surface area contributed by atoms with Crippen LogP contribution in [0.2, 0.25) is 0 Å². The van der Waals surface area contributed by atoms with E-state index < -0.39 is 0 Å². The van der Waals surface area contributed by atoms with E-state index in [-0.39, 0.29) is 24.5 Å². The van der Waals surface area contributed by atoms with Gasteiger partial charge in [-0.25, -0.2) is 0 Å². The van der Waals surface area contributed by atoms with Gasteiger partial charge in [-0.1, -0.05) is 36.4 Å². The molecule has 0 heterocycles. The number of ether oxygens (including phenoxy) is 1. The monoisotopic (exact) mass is 431 g/mol. The van der Waals surface area contributed by atoms with E-state index in [2.05, 4.69) is 16.0 Å². The first-order chi connectivity index (χ1) is 15.5. The molecule has 0 aliphatic rings. The van der Waals surface area contributed by atoms with Crippen molar-refractivity contribution in [3.63, 3.8) is 0 Å². The highest BCUT2D eigenvalue weighted by molar-refractivity contribution is 5.94. The highest BCUT2D eigenvalue weighted by Crippen LogP contribution is 2.18. The summed E-state index contributed by atoms with van der Waals surface area (Å²) >= 11 is 0. The Balaban J connectivity index is 1.44. The summed E-state index contributed by atoms with van der Waals surface area (Å²) in [5, 5.41) is 8.84. The Kier molecular flexibility index (Phi) is 8.26. The molecule has 0 atom stereocenters. The third kappa shape index (κ3) is 7.80. The maximum Gasteiger partial charge on any atom is 0.243 e. The molecule has 0 bridgehead atoms. The van der Waals surface area contributed by atoms with E-state index in [9.17, 15) is 9.59 Å². The number of hydrogen-bond donors (Lipinski definition) is 3. The number of aryl methyl sites for hydroxylation is 1. The molecule has 3 rings (SSSR count). The van der Waals surface area contributed by atoms with Crippen molar-refractivity contribution in [2.75, 3.05) is 22.5 Å². The molecule has 0 unspecified atom stereocenters. The van der Waals surface area contributed by atoms with Crippen LogP contribution in [0.3, 0.4) is 0 Å². The minimum Gasteiger partial charge on any atom is -0.491 e. The van der Waals surface area contributed by atoms with Crippen molar-refractivity contribution >= 4 is 28.9 Å². The van der Waals surface area contributed by atoms with Gasteiger partial charge in [0, 0.05) is 23.5 Å². The molecule has 2 amide bonds. The topological polar surface area (TPSA) is 79.5 Å². The number of anilines is 3. The molecule has 0 aromatic heterocycles. The van der Waals surface area contributed by atoms with Crippen molar-refractivity contribution in [2.24, 2.45) is 0 Å². The molecule has 3 aromatic rings. The third-order valence-corrected chi connectivity index (χ3v) is 4.59. The molecule has 0 aliphatic heterocycles. The number of carbonyl (C=O) groups is 2. The highest BCUT2D eigenvalue weighted by Gasteiger charge is 2.06. The number of rotatable bonds is 10. The molecule has 6 nitrogen and oxygen atoms in total. The molecule has 0 radical (unpaired) electrons. The van der Waals surface area contributed by atoms with Gasteiger partial charge in [0.05, 0.1) is 12.6 Å². The van der Waals surface area contributed by atoms with Crippen LogP contribution in [0.25, 0.3) is 0 Å². The summed E-state index contributed by atoms with van der Waals surface area (Å²) in [5.41, 5.74) is 3.27. The minimum absolute atomic E-state index is 0.0476. The zero-order valence-corrected chi connectivity index (χ0v) is 18.4. The average molecular weight is 432 g/mol. The Bertz CT molecular complexity index is 1020. The second kappa shape index (κ2) is 11.6. The molecular formula is C26H29N3O3. The lowest BCUT2D eigenvalue weighted by Gasteiger charge is -2.12. The van der Waals surface area contributed by atoms with Crippen molar-refractivity contribution in [3.05, 3.63) is 84.4 Å². The van der Waals surface area contributed by atoms with Crippen LogP contribution >= 0.6 is 0 Å². The number of nitrogens with one attached hydrogen (secondary N) is 3. The maximum absolute atomic E-state index is 12.3. The smallest absolute Gasteiger partial charge is 0.243 e. The van der Waals surface area contributed by atoms with E-state index in [4.69, 9.17) is 4.74 Å². The zero-order chi connectivity index (χ0) is 22.8. The van der Waals surface area contributed by atoms with Crippen LogP contribution in [0.15, 0.2) is 78.9 Å². The van der Waals surface area contributed by atoms with Crippen LogP contribution in [-0.2, 0) is 16.0 Å². The lowest BCUT2D eigenvalue weighted by Crippen LogP contribution is -2.21. The molecule has 0 saturated heterocycles. The second-order valence-corrected chi connectivity index (χ2v) is 7.71. The van der Waals surface area contributed by atoms with Crippen LogP contribution < -0.4 is 20.7 Å². The van der Waals surface area contributed by atoms with E-state index >= 15 is 0 Å². The average Bonchev–Trinajstić information content (AvgIpc) is 2.78. The maximum atomic E-state index is 12.3. The summed E-state index contributed by atoms with van der Waals surface area (Å²) in [6.45, 7) is 4.04. The number of benzene rings is 3. The minimum atomic E-state index is -0.167. The van der Waals surface area contributed by atoms with E-state index in [0.29, 0.717) is 24.2 Å². The Morgan fingerprint density at radius 2 is 1.47 bits per heavy atom. The fraction of sp³-hybridized carbons (Fsp3) is 0.231. The summed E-state index contributed by atoms with van der Waals surface area (Å²) < 4.78 is 5.60. The van der Waals surface area contributed by atoms with Crippen LogP contribution in [0.5, 0.6) is 5.75 Å². The molecule has 166 valence electrons. The first kappa shape index (κ1) is 22.9. The lowest BCUT2D eigenvalue weighted by atomic mass is 10.1. The SMILES string of the molecule is CC(C)Oc1ccc(NC(=O)CNc2cccc(NC(=O)CCc3ccccc3)c2)cc1. The van der Waals surface area contributed by atoms with Crippen molar-refractivity contribution in [1.82, 2.24) is 0 Å². The zero-order valence-electron chi connectivity index (χ0n) is 18.4. The van der Waals surface area contributed by atoms with Crippen molar-refractivity contribution in [3.8, 4) is 5.75 Å². The third-order valence-electron chi connectivity index (χ3n) is 4.59. The van der Waals surface area contributed by atoms with Crippen molar-refractivity contribution < 1.29 is 14.3 Å². The molecule has 6 heteroatoms. The van der Waals surface area contributed by atoms with Crippen molar-refractivity contribution in [2.45, 2.75) is 32.8 Å². The summed E-state index contributed by atoms with van der Waals surface area (Å²) in [6, 6.07) is 24.5. The van der Waals surface area contributed by atoms with Gasteiger partial charge in [0.1, 0.15) is 5.75 Å². The van der Waals surface area contributed by atoms with Gasteiger partial charge in [0.25, 0.3) is 0 Å². The Morgan fingerprint density at radius 3 is 2.19 bits per heavy atom. The van der Waals surface area contributed by atoms with E-state index in [1.165, 1.54) is 0 Å². The van der Waals surface area contributed by atoms with Gasteiger partial charge in [0.2, 0.25) is 11.8 Å². The van der Waals surface area contributed by atoms with Gasteiger partial charge in [-0.15, -0.1) is 0 Å². The van der Waals surface area contributed by atoms with Crippen molar-refractivity contribution in [1.29, 1.82) is 0 Å². The van der Waals surface area contributed by atoms with Gasteiger partial charge in [-0.3, -0.25) is 9.59 Å². The molecule has 3 aromatic carbocycles. The Morgan fingerprint density at radius 1 is 0.781 bits per heavy atom. The van der Waals surface area contributed by atoms with Gasteiger partial charge in [0.15, 0.2) is 0 Å². The van der Waals surface area contributed by atoms with Gasteiger partial charge in [-0.2, -0.15) is 0 Å². The van der Waals surface area contributed by atoms with Crippen LogP contribution in [0.4, 0.5) is 17.1 Å². The predicted octanol–water partition coefficient (Wildman–Crippen LogP) is 5.10. The van der Waals surface area contributed by atoms with Crippen LogP contribution in [0.1, 0.15) is 25.8 Å². The van der Waals surface area contributed by atoms with Crippen LogP contribution in [-0.4, -0.2) is 24.5 Å². The second-order valence-electron chi connectivity index (χ2n) is 7.71. The lowest BCUT2D eigenvalue weighted by molar-refractivity contribution is -0.116. The number of hydrogen-bond acceptors (Lipinski definition) is 4. The molecular weight excluding hydrogens is 402 g/mol. The summed E-state index contributed by atoms with van der Waals surface area (Å²) in [7, 11) is 0. The van der Waals surface area contributed by atoms with Crippen LogP contribution in [0, 0.1) is 0 Å². The molecule has 3 N–H and O–H groups in total. The number of amides is 2. The van der Waals surface area contributed by atoms with E-state index in [1.54, 1.807) is 12.1 Å². The molecule has 0 saturated carbocycles. The molecule has 0 fully saturated rings. The summed E-state index contributed by atoms with van der Waals surface area (Å²) in [4.78, 5) is 24.5. The normalized spacial score (nSPS) is 10.5. The van der Waals surface area contributed by atoms with Gasteiger partial charge in [-0.05, 0) is 68.3 Å². The molecule has 0 aliphatic carbocycles. The first-order valence-corrected chi connectivity index (χ1v) is 10.7. The van der Waals surface area contributed by atoms with Gasteiger partial charge >= 0.3 is 0 Å². The van der Waals surface area contributed by atoms with E-state index in [0.717, 1.165) is 17.0 Å². The van der Waals surface area contributed by atoms with E-state index in [1.807, 2.05) is 80.6 Å². The Hall–Kier alpha value is -3.80. The Labute approximate surface area is 189 Å².